The number of pyridine rings is 1. The smallest absolute Gasteiger partial charge is 0.268 e. The summed E-state index contributed by atoms with van der Waals surface area (Å²) in [6, 6.07) is 35.7. The fraction of sp³-hybridized carbons (Fsp3) is 0.200. The third-order valence-electron chi connectivity index (χ3n) is 8.36. The van der Waals surface area contributed by atoms with E-state index in [0.29, 0.717) is 0 Å². The van der Waals surface area contributed by atoms with Crippen molar-refractivity contribution in [2.45, 2.75) is 52.4 Å². The molecule has 3 aromatic heterocycles. The molecule has 224 valence electrons. The van der Waals surface area contributed by atoms with Gasteiger partial charge < -0.3 is 4.74 Å². The van der Waals surface area contributed by atoms with Crippen LogP contribution in [0.3, 0.4) is 0 Å². The van der Waals surface area contributed by atoms with Gasteiger partial charge in [-0.25, -0.2) is 4.98 Å². The normalized spacial score (nSPS) is 12.2. The highest BCUT2D eigenvalue weighted by Crippen LogP contribution is 2.35. The minimum Gasteiger partial charge on any atom is -0.458 e. The predicted octanol–water partition coefficient (Wildman–Crippen LogP) is 9.43. The second-order valence-electron chi connectivity index (χ2n) is 13.7. The molecule has 5 heteroatoms. The van der Waals surface area contributed by atoms with Gasteiger partial charge in [0.25, 0.3) is 6.33 Å². The van der Waals surface area contributed by atoms with Crippen molar-refractivity contribution in [3.63, 3.8) is 0 Å². The number of para-hydroxylation sites is 1. The van der Waals surface area contributed by atoms with Crippen molar-refractivity contribution < 1.29 is 9.30 Å². The first-order valence-electron chi connectivity index (χ1n) is 15.5. The number of hydrogen-bond donors (Lipinski definition) is 0. The van der Waals surface area contributed by atoms with Crippen LogP contribution in [0.4, 0.5) is 0 Å². The van der Waals surface area contributed by atoms with Gasteiger partial charge in [0, 0.05) is 35.4 Å². The van der Waals surface area contributed by atoms with Crippen molar-refractivity contribution in [1.29, 1.82) is 0 Å². The van der Waals surface area contributed by atoms with Crippen LogP contribution in [0.15, 0.2) is 122 Å². The van der Waals surface area contributed by atoms with Crippen LogP contribution in [0.5, 0.6) is 11.5 Å². The zero-order valence-corrected chi connectivity index (χ0v) is 26.7. The maximum atomic E-state index is 6.47. The van der Waals surface area contributed by atoms with Gasteiger partial charge in [-0.05, 0) is 82.6 Å². The predicted molar refractivity (Wildman–Crippen MR) is 182 cm³/mol. The number of fused-ring (bicyclic) bond motifs is 3. The summed E-state index contributed by atoms with van der Waals surface area (Å²) < 4.78 is 12.7. The van der Waals surface area contributed by atoms with E-state index in [1.54, 1.807) is 0 Å². The summed E-state index contributed by atoms with van der Waals surface area (Å²) in [6.45, 7) is 13.6. The molecule has 0 fully saturated rings. The van der Waals surface area contributed by atoms with Gasteiger partial charge in [0.1, 0.15) is 17.3 Å². The molecular formula is C40H38N4O. The number of aromatic nitrogens is 4. The van der Waals surface area contributed by atoms with Crippen LogP contribution in [0.2, 0.25) is 0 Å². The van der Waals surface area contributed by atoms with E-state index < -0.39 is 0 Å². The average Bonchev–Trinajstić information content (AvgIpc) is 3.64. The summed E-state index contributed by atoms with van der Waals surface area (Å²) in [4.78, 5) is 4.65. The zero-order chi connectivity index (χ0) is 31.3. The highest BCUT2D eigenvalue weighted by Gasteiger charge is 2.21. The molecule has 7 aromatic rings. The molecule has 45 heavy (non-hydrogen) atoms. The second kappa shape index (κ2) is 10.8. The highest BCUT2D eigenvalue weighted by molar-refractivity contribution is 6.09. The van der Waals surface area contributed by atoms with Crippen molar-refractivity contribution in [2.75, 3.05) is 0 Å². The van der Waals surface area contributed by atoms with Crippen LogP contribution in [0, 0.1) is 6.33 Å². The van der Waals surface area contributed by atoms with Gasteiger partial charge in [-0.3, -0.25) is 13.7 Å². The summed E-state index contributed by atoms with van der Waals surface area (Å²) in [7, 11) is 0. The van der Waals surface area contributed by atoms with E-state index in [0.717, 1.165) is 45.1 Å². The third kappa shape index (κ3) is 5.51. The van der Waals surface area contributed by atoms with Crippen LogP contribution < -0.4 is 9.30 Å². The SMILES string of the molecule is CC(C)(C)c1cc(-[n+]2[c-]n(-c3cccc(Oc4ccc5c6ccccc6n(-c6ccccn6)c5c4)c3)cc2)cc(C(C)(C)C)c1. The van der Waals surface area contributed by atoms with Crippen molar-refractivity contribution >= 4 is 21.8 Å². The summed E-state index contributed by atoms with van der Waals surface area (Å²) in [5, 5.41) is 2.35. The van der Waals surface area contributed by atoms with Gasteiger partial charge in [-0.2, -0.15) is 0 Å². The molecule has 4 aromatic carbocycles. The Bertz CT molecular complexity index is 2120. The van der Waals surface area contributed by atoms with E-state index in [-0.39, 0.29) is 10.8 Å². The molecule has 0 saturated heterocycles. The maximum absolute atomic E-state index is 6.47. The lowest BCUT2D eigenvalue weighted by atomic mass is 9.80. The molecule has 0 amide bonds. The minimum atomic E-state index is 0.0415. The van der Waals surface area contributed by atoms with Gasteiger partial charge in [-0.1, -0.05) is 77.9 Å². The summed E-state index contributed by atoms with van der Waals surface area (Å²) in [5.41, 5.74) is 6.95. The Kier molecular flexibility index (Phi) is 6.85. The van der Waals surface area contributed by atoms with Crippen LogP contribution in [-0.4, -0.2) is 14.1 Å². The first-order chi connectivity index (χ1) is 21.5. The van der Waals surface area contributed by atoms with Crippen LogP contribution in [0.25, 0.3) is 39.0 Å². The van der Waals surface area contributed by atoms with E-state index in [1.807, 2.05) is 59.4 Å². The number of rotatable bonds is 5. The van der Waals surface area contributed by atoms with E-state index in [1.165, 1.54) is 16.5 Å². The number of benzene rings is 4. The standard InChI is InChI=1S/C40H38N4O/c1-39(2,3)28-22-29(40(4,5)6)24-31(23-28)43-21-20-42(27-43)30-12-11-13-32(25-30)45-33-17-18-35-34-14-7-8-15-36(34)44(37(35)26-33)38-16-9-10-19-41-38/h7-26H,1-6H3. The fourth-order valence-electron chi connectivity index (χ4n) is 5.80. The number of ether oxygens (including phenoxy) is 1. The van der Waals surface area contributed by atoms with Gasteiger partial charge in [0.05, 0.1) is 22.4 Å². The highest BCUT2D eigenvalue weighted by atomic mass is 16.5. The van der Waals surface area contributed by atoms with E-state index in [4.69, 9.17) is 4.74 Å². The molecule has 5 nitrogen and oxygen atoms in total. The Morgan fingerprint density at radius 2 is 1.38 bits per heavy atom. The second-order valence-corrected chi connectivity index (χ2v) is 13.7. The summed E-state index contributed by atoms with van der Waals surface area (Å²) in [5.74, 6) is 2.40. The molecule has 0 aliphatic rings. The summed E-state index contributed by atoms with van der Waals surface area (Å²) >= 11 is 0. The molecule has 0 spiro atoms. The monoisotopic (exact) mass is 590 g/mol. The van der Waals surface area contributed by atoms with Crippen molar-refractivity contribution in [1.82, 2.24) is 14.1 Å². The Labute approximate surface area is 265 Å². The molecule has 0 radical (unpaired) electrons. The van der Waals surface area contributed by atoms with E-state index in [2.05, 4.69) is 129 Å². The van der Waals surface area contributed by atoms with Gasteiger partial charge in [-0.15, -0.1) is 0 Å². The molecule has 0 unspecified atom stereocenters. The fourth-order valence-corrected chi connectivity index (χ4v) is 5.80. The first-order valence-corrected chi connectivity index (χ1v) is 15.5. The van der Waals surface area contributed by atoms with Crippen LogP contribution >= 0.6 is 0 Å². The molecule has 7 rings (SSSR count). The van der Waals surface area contributed by atoms with E-state index in [9.17, 15) is 0 Å². The molecule has 0 bridgehead atoms. The van der Waals surface area contributed by atoms with Crippen LogP contribution in [-0.2, 0) is 10.8 Å². The maximum Gasteiger partial charge on any atom is 0.268 e. The Hall–Kier alpha value is -5.16. The summed E-state index contributed by atoms with van der Waals surface area (Å²) in [6.07, 6.45) is 9.45. The lowest BCUT2D eigenvalue weighted by molar-refractivity contribution is -0.599. The third-order valence-corrected chi connectivity index (χ3v) is 8.36. The molecule has 0 aliphatic carbocycles. The number of hydrogen-bond acceptors (Lipinski definition) is 2. The topological polar surface area (TPSA) is 35.9 Å². The first kappa shape index (κ1) is 28.6. The van der Waals surface area contributed by atoms with Gasteiger partial charge in [0.15, 0.2) is 0 Å². The lowest BCUT2D eigenvalue weighted by Crippen LogP contribution is -2.30. The molecule has 0 atom stereocenters. The van der Waals surface area contributed by atoms with Crippen molar-refractivity contribution in [2.24, 2.45) is 0 Å². The number of imidazole rings is 1. The largest absolute Gasteiger partial charge is 0.458 e. The lowest BCUT2D eigenvalue weighted by Gasteiger charge is -2.26. The van der Waals surface area contributed by atoms with Crippen LogP contribution in [0.1, 0.15) is 52.7 Å². The molecule has 0 aliphatic heterocycles. The number of nitrogens with zero attached hydrogens (tertiary/aromatic N) is 4. The van der Waals surface area contributed by atoms with Crippen molar-refractivity contribution in [3.8, 4) is 28.7 Å². The molecule has 3 heterocycles. The average molecular weight is 591 g/mol. The zero-order valence-electron chi connectivity index (χ0n) is 26.7. The minimum absolute atomic E-state index is 0.0415. The van der Waals surface area contributed by atoms with Crippen molar-refractivity contribution in [3.05, 3.63) is 139 Å². The molecule has 0 N–H and O–H groups in total. The quantitative estimate of drug-likeness (QED) is 0.148. The van der Waals surface area contributed by atoms with E-state index >= 15 is 0 Å². The Balaban J connectivity index is 1.22. The van der Waals surface area contributed by atoms with Gasteiger partial charge in [0.2, 0.25) is 0 Å². The molecular weight excluding hydrogens is 552 g/mol. The Morgan fingerprint density at radius 3 is 2.11 bits per heavy atom. The van der Waals surface area contributed by atoms with Gasteiger partial charge >= 0.3 is 0 Å². The Morgan fingerprint density at radius 1 is 0.667 bits per heavy atom. The molecule has 0 saturated carbocycles.